The van der Waals surface area contributed by atoms with E-state index < -0.39 is 17.2 Å². The van der Waals surface area contributed by atoms with Crippen molar-refractivity contribution in [2.24, 2.45) is 0 Å². The summed E-state index contributed by atoms with van der Waals surface area (Å²) in [6, 6.07) is 19.8. The van der Waals surface area contributed by atoms with E-state index in [9.17, 15) is 18.8 Å². The number of aryl methyl sites for hydroxylation is 1. The highest BCUT2D eigenvalue weighted by molar-refractivity contribution is 5.82. The Kier molecular flexibility index (Phi) is 5.98. The number of benzene rings is 3. The summed E-state index contributed by atoms with van der Waals surface area (Å²) in [5, 5.41) is 3.10. The van der Waals surface area contributed by atoms with Gasteiger partial charge in [-0.15, -0.1) is 0 Å². The summed E-state index contributed by atoms with van der Waals surface area (Å²) < 4.78 is 15.5. The molecule has 1 amide bonds. The largest absolute Gasteiger partial charge is 0.350 e. The average molecular weight is 431 g/mol. The molecule has 0 bridgehead atoms. The molecule has 1 N–H and O–H groups in total. The van der Waals surface area contributed by atoms with Gasteiger partial charge in [0, 0.05) is 6.54 Å². The van der Waals surface area contributed by atoms with Crippen LogP contribution in [0, 0.1) is 5.82 Å². The Bertz CT molecular complexity index is 1400. The molecule has 0 saturated carbocycles. The fourth-order valence-electron chi connectivity index (χ4n) is 3.72. The van der Waals surface area contributed by atoms with Crippen molar-refractivity contribution >= 4 is 16.8 Å². The molecule has 4 aromatic rings. The van der Waals surface area contributed by atoms with Crippen LogP contribution in [0.1, 0.15) is 18.1 Å². The van der Waals surface area contributed by atoms with Gasteiger partial charge >= 0.3 is 5.69 Å². The van der Waals surface area contributed by atoms with E-state index in [1.54, 1.807) is 48.5 Å². The van der Waals surface area contributed by atoms with E-state index in [0.29, 0.717) is 23.0 Å². The Labute approximate surface area is 183 Å². The number of para-hydroxylation sites is 2. The Balaban J connectivity index is 1.75. The monoisotopic (exact) mass is 431 g/mol. The van der Waals surface area contributed by atoms with Gasteiger partial charge in [-0.3, -0.25) is 14.2 Å². The van der Waals surface area contributed by atoms with Gasteiger partial charge in [0.2, 0.25) is 5.91 Å². The predicted molar refractivity (Wildman–Crippen MR) is 121 cm³/mol. The topological polar surface area (TPSA) is 73.1 Å². The van der Waals surface area contributed by atoms with E-state index in [1.807, 2.05) is 19.1 Å². The van der Waals surface area contributed by atoms with Gasteiger partial charge in [-0.2, -0.15) is 0 Å². The molecule has 0 aliphatic rings. The maximum Gasteiger partial charge on any atom is 0.336 e. The normalized spacial score (nSPS) is 10.9. The molecule has 0 unspecified atom stereocenters. The van der Waals surface area contributed by atoms with Crippen molar-refractivity contribution in [2.45, 2.75) is 26.4 Å². The maximum atomic E-state index is 13.4. The van der Waals surface area contributed by atoms with Crippen LogP contribution in [-0.4, -0.2) is 15.0 Å². The number of halogens is 1. The predicted octanol–water partition coefficient (Wildman–Crippen LogP) is 3.17. The third kappa shape index (κ3) is 4.09. The zero-order valence-corrected chi connectivity index (χ0v) is 17.5. The SMILES string of the molecule is CCc1ccccc1-n1c(=O)c2ccccc2n(CC(=O)NCc2ccc(F)cc2)c1=O. The van der Waals surface area contributed by atoms with Crippen LogP contribution in [0.15, 0.2) is 82.4 Å². The van der Waals surface area contributed by atoms with Gasteiger partial charge in [-0.1, -0.05) is 49.4 Å². The van der Waals surface area contributed by atoms with Crippen LogP contribution in [-0.2, 0) is 24.3 Å². The quantitative estimate of drug-likeness (QED) is 0.510. The molecule has 0 atom stereocenters. The first-order valence-corrected chi connectivity index (χ1v) is 10.3. The highest BCUT2D eigenvalue weighted by Crippen LogP contribution is 2.14. The van der Waals surface area contributed by atoms with Gasteiger partial charge in [0.1, 0.15) is 12.4 Å². The molecule has 0 saturated heterocycles. The smallest absolute Gasteiger partial charge is 0.336 e. The highest BCUT2D eigenvalue weighted by Gasteiger charge is 2.17. The molecule has 3 aromatic carbocycles. The number of hydrogen-bond donors (Lipinski definition) is 1. The summed E-state index contributed by atoms with van der Waals surface area (Å²) in [4.78, 5) is 39.3. The molecule has 1 heterocycles. The van der Waals surface area contributed by atoms with Crippen molar-refractivity contribution in [3.63, 3.8) is 0 Å². The lowest BCUT2D eigenvalue weighted by atomic mass is 10.1. The molecule has 6 nitrogen and oxygen atoms in total. The van der Waals surface area contributed by atoms with E-state index >= 15 is 0 Å². The maximum absolute atomic E-state index is 13.4. The van der Waals surface area contributed by atoms with Gasteiger partial charge < -0.3 is 5.32 Å². The molecule has 162 valence electrons. The number of carbonyl (C=O) groups excluding carboxylic acids is 1. The fourth-order valence-corrected chi connectivity index (χ4v) is 3.72. The van der Waals surface area contributed by atoms with Gasteiger partial charge in [-0.05, 0) is 47.9 Å². The number of nitrogens with zero attached hydrogens (tertiary/aromatic N) is 2. The Morgan fingerprint density at radius 2 is 1.62 bits per heavy atom. The molecular formula is C25H22FN3O3. The van der Waals surface area contributed by atoms with Crippen LogP contribution in [0.3, 0.4) is 0 Å². The number of carbonyl (C=O) groups is 1. The number of amides is 1. The molecule has 0 fully saturated rings. The third-order valence-electron chi connectivity index (χ3n) is 5.37. The van der Waals surface area contributed by atoms with E-state index in [0.717, 1.165) is 15.7 Å². The number of hydrogen-bond acceptors (Lipinski definition) is 3. The number of rotatable bonds is 6. The van der Waals surface area contributed by atoms with Crippen molar-refractivity contribution in [2.75, 3.05) is 0 Å². The molecular weight excluding hydrogens is 409 g/mol. The van der Waals surface area contributed by atoms with Gasteiger partial charge in [-0.25, -0.2) is 13.8 Å². The van der Waals surface area contributed by atoms with Crippen LogP contribution >= 0.6 is 0 Å². The first-order valence-electron chi connectivity index (χ1n) is 10.3. The van der Waals surface area contributed by atoms with Crippen LogP contribution < -0.4 is 16.6 Å². The fraction of sp³-hybridized carbons (Fsp3) is 0.160. The zero-order valence-electron chi connectivity index (χ0n) is 17.5. The number of aromatic nitrogens is 2. The van der Waals surface area contributed by atoms with Crippen molar-refractivity contribution in [1.82, 2.24) is 14.5 Å². The molecule has 4 rings (SSSR count). The second-order valence-corrected chi connectivity index (χ2v) is 7.41. The van der Waals surface area contributed by atoms with Gasteiger partial charge in [0.25, 0.3) is 5.56 Å². The standard InChI is InChI=1S/C25H22FN3O3/c1-2-18-7-3-5-9-21(18)29-24(31)20-8-4-6-10-22(20)28(25(29)32)16-23(30)27-15-17-11-13-19(26)14-12-17/h3-14H,2,15-16H2,1H3,(H,27,30). The van der Waals surface area contributed by atoms with Crippen molar-refractivity contribution in [3.05, 3.63) is 111 Å². The van der Waals surface area contributed by atoms with E-state index in [-0.39, 0.29) is 18.9 Å². The lowest BCUT2D eigenvalue weighted by Crippen LogP contribution is -2.42. The summed E-state index contributed by atoms with van der Waals surface area (Å²) in [5.74, 6) is -0.747. The molecule has 0 spiro atoms. The van der Waals surface area contributed by atoms with Crippen LogP contribution in [0.5, 0.6) is 0 Å². The lowest BCUT2D eigenvalue weighted by Gasteiger charge is -2.16. The number of nitrogens with one attached hydrogen (secondary N) is 1. The first kappa shape index (κ1) is 21.2. The molecule has 7 heteroatoms. The summed E-state index contributed by atoms with van der Waals surface area (Å²) in [7, 11) is 0. The summed E-state index contributed by atoms with van der Waals surface area (Å²) >= 11 is 0. The van der Waals surface area contributed by atoms with Gasteiger partial charge in [0.05, 0.1) is 16.6 Å². The molecule has 0 radical (unpaired) electrons. The average Bonchev–Trinajstić information content (AvgIpc) is 2.82. The van der Waals surface area contributed by atoms with Crippen LogP contribution in [0.25, 0.3) is 16.6 Å². The molecule has 0 aliphatic heterocycles. The van der Waals surface area contributed by atoms with Crippen molar-refractivity contribution in [3.8, 4) is 5.69 Å². The molecule has 0 aliphatic carbocycles. The molecule has 1 aromatic heterocycles. The third-order valence-corrected chi connectivity index (χ3v) is 5.37. The summed E-state index contributed by atoms with van der Waals surface area (Å²) in [6.07, 6.45) is 0.646. The first-order chi connectivity index (χ1) is 15.5. The van der Waals surface area contributed by atoms with Crippen LogP contribution in [0.2, 0.25) is 0 Å². The highest BCUT2D eigenvalue weighted by atomic mass is 19.1. The second kappa shape index (κ2) is 9.01. The van der Waals surface area contributed by atoms with Crippen molar-refractivity contribution in [1.29, 1.82) is 0 Å². The van der Waals surface area contributed by atoms with E-state index in [1.165, 1.54) is 16.7 Å². The Morgan fingerprint density at radius 3 is 2.38 bits per heavy atom. The molecule has 32 heavy (non-hydrogen) atoms. The number of fused-ring (bicyclic) bond motifs is 1. The Hall–Kier alpha value is -4.00. The van der Waals surface area contributed by atoms with Crippen molar-refractivity contribution < 1.29 is 9.18 Å². The second-order valence-electron chi connectivity index (χ2n) is 7.41. The van der Waals surface area contributed by atoms with Crippen LogP contribution in [0.4, 0.5) is 4.39 Å². The minimum Gasteiger partial charge on any atom is -0.350 e. The Morgan fingerprint density at radius 1 is 0.938 bits per heavy atom. The minimum absolute atomic E-state index is 0.199. The summed E-state index contributed by atoms with van der Waals surface area (Å²) in [5.41, 5.74) is 1.50. The zero-order chi connectivity index (χ0) is 22.7. The minimum atomic E-state index is -0.577. The lowest BCUT2D eigenvalue weighted by molar-refractivity contribution is -0.121. The van der Waals surface area contributed by atoms with E-state index in [4.69, 9.17) is 0 Å². The van der Waals surface area contributed by atoms with E-state index in [2.05, 4.69) is 5.32 Å². The summed E-state index contributed by atoms with van der Waals surface area (Å²) in [6.45, 7) is 1.89. The van der Waals surface area contributed by atoms with Gasteiger partial charge in [0.15, 0.2) is 0 Å².